The first-order chi connectivity index (χ1) is 17.8. The molecule has 0 saturated heterocycles. The monoisotopic (exact) mass is 542 g/mol. The van der Waals surface area contributed by atoms with E-state index < -0.39 is 11.6 Å². The summed E-state index contributed by atoms with van der Waals surface area (Å²) in [4.78, 5) is 27.3. The Balaban J connectivity index is 0.000000924. The molecule has 2 aromatic carbocycles. The minimum atomic E-state index is -0.922. The molecule has 0 aliphatic carbocycles. The highest BCUT2D eigenvalue weighted by Crippen LogP contribution is 2.44. The Labute approximate surface area is 230 Å². The van der Waals surface area contributed by atoms with Gasteiger partial charge in [0, 0.05) is 18.8 Å². The van der Waals surface area contributed by atoms with Gasteiger partial charge in [-0.05, 0) is 69.9 Å². The number of aliphatic hydroxyl groups is 1. The third-order valence-electron chi connectivity index (χ3n) is 5.16. The maximum absolute atomic E-state index is 11.6. The van der Waals surface area contributed by atoms with Gasteiger partial charge in [0.05, 0.1) is 28.3 Å². The lowest BCUT2D eigenvalue weighted by Gasteiger charge is -2.23. The summed E-state index contributed by atoms with van der Waals surface area (Å²) in [5.41, 5.74) is 5.32. The largest absolute Gasteiger partial charge is 0.481 e. The summed E-state index contributed by atoms with van der Waals surface area (Å²) in [6, 6.07) is 9.36. The predicted molar refractivity (Wildman–Crippen MR) is 155 cm³/mol. The van der Waals surface area contributed by atoms with Crippen LogP contribution >= 0.6 is 11.6 Å². The highest BCUT2D eigenvalue weighted by atomic mass is 35.5. The Kier molecular flexibility index (Phi) is 12.4. The summed E-state index contributed by atoms with van der Waals surface area (Å²) < 4.78 is 6.12. The zero-order chi connectivity index (χ0) is 29.2. The van der Waals surface area contributed by atoms with Gasteiger partial charge in [-0.3, -0.25) is 9.59 Å². The number of pyridine rings is 1. The lowest BCUT2D eigenvalue weighted by Crippen LogP contribution is -2.10. The molecule has 3 N–H and O–H groups in total. The zero-order valence-electron chi connectivity index (χ0n) is 23.7. The number of aliphatic carboxylic acids is 1. The van der Waals surface area contributed by atoms with E-state index in [1.165, 1.54) is 12.3 Å². The Hall–Kier alpha value is -3.42. The number of carboxylic acids is 1. The number of hydrogen-bond acceptors (Lipinski definition) is 6. The van der Waals surface area contributed by atoms with Crippen LogP contribution in [0.2, 0.25) is 5.02 Å². The SMILES string of the molecule is CC.CC(C)(C)O.CNc1c(C)c(CC(=O)O)c(-c2ccc(C)cc2)c(C)c1Oc1ncc(Cl)cc1C=O. The molecular weight excluding hydrogens is 504 g/mol. The number of aldehydes is 1. The molecule has 0 amide bonds. The first-order valence-corrected chi connectivity index (χ1v) is 12.8. The van der Waals surface area contributed by atoms with Gasteiger partial charge in [-0.15, -0.1) is 0 Å². The van der Waals surface area contributed by atoms with Gasteiger partial charge in [-0.2, -0.15) is 0 Å². The van der Waals surface area contributed by atoms with Crippen LogP contribution < -0.4 is 10.1 Å². The summed E-state index contributed by atoms with van der Waals surface area (Å²) in [7, 11) is 1.74. The average molecular weight is 543 g/mol. The fourth-order valence-electron chi connectivity index (χ4n) is 3.66. The Bertz CT molecular complexity index is 1240. The number of ether oxygens (including phenoxy) is 1. The average Bonchev–Trinajstić information content (AvgIpc) is 2.84. The second-order valence-corrected chi connectivity index (χ2v) is 9.87. The fourth-order valence-corrected chi connectivity index (χ4v) is 3.82. The first kappa shape index (κ1) is 32.6. The van der Waals surface area contributed by atoms with Crippen molar-refractivity contribution in [1.82, 2.24) is 4.98 Å². The van der Waals surface area contributed by atoms with Crippen LogP contribution in [-0.2, 0) is 11.2 Å². The first-order valence-electron chi connectivity index (χ1n) is 12.4. The number of benzene rings is 2. The molecule has 0 aliphatic rings. The van der Waals surface area contributed by atoms with E-state index in [2.05, 4.69) is 10.3 Å². The molecule has 0 saturated carbocycles. The maximum atomic E-state index is 11.6. The van der Waals surface area contributed by atoms with Crippen LogP contribution in [0, 0.1) is 20.8 Å². The molecule has 0 bridgehead atoms. The van der Waals surface area contributed by atoms with Crippen LogP contribution in [0.5, 0.6) is 11.6 Å². The van der Waals surface area contributed by atoms with Gasteiger partial charge >= 0.3 is 5.97 Å². The number of anilines is 1. The van der Waals surface area contributed by atoms with E-state index in [1.807, 2.05) is 58.9 Å². The van der Waals surface area contributed by atoms with Crippen molar-refractivity contribution < 1.29 is 24.5 Å². The van der Waals surface area contributed by atoms with Crippen LogP contribution in [0.15, 0.2) is 36.5 Å². The lowest BCUT2D eigenvalue weighted by atomic mass is 9.88. The normalized spacial score (nSPS) is 10.4. The summed E-state index contributed by atoms with van der Waals surface area (Å²) in [6.45, 7) is 14.9. The van der Waals surface area contributed by atoms with Gasteiger partial charge in [0.1, 0.15) is 0 Å². The number of hydrogen-bond donors (Lipinski definition) is 3. The Morgan fingerprint density at radius 3 is 2.13 bits per heavy atom. The molecule has 7 nitrogen and oxygen atoms in total. The van der Waals surface area contributed by atoms with E-state index in [0.29, 0.717) is 28.3 Å². The number of carboxylic acid groups (broad SMARTS) is 1. The van der Waals surface area contributed by atoms with Crippen molar-refractivity contribution in [1.29, 1.82) is 0 Å². The smallest absolute Gasteiger partial charge is 0.307 e. The van der Waals surface area contributed by atoms with Gasteiger partial charge in [0.15, 0.2) is 12.0 Å². The summed E-state index contributed by atoms with van der Waals surface area (Å²) in [6.07, 6.45) is 1.91. The minimum absolute atomic E-state index is 0.124. The van der Waals surface area contributed by atoms with E-state index in [1.54, 1.807) is 27.8 Å². The maximum Gasteiger partial charge on any atom is 0.307 e. The molecular formula is C30H39ClN2O5. The van der Waals surface area contributed by atoms with Crippen LogP contribution in [0.25, 0.3) is 11.1 Å². The second-order valence-electron chi connectivity index (χ2n) is 9.43. The number of aryl methyl sites for hydroxylation is 1. The topological polar surface area (TPSA) is 109 Å². The zero-order valence-corrected chi connectivity index (χ0v) is 24.4. The molecule has 0 radical (unpaired) electrons. The van der Waals surface area contributed by atoms with E-state index in [4.69, 9.17) is 21.4 Å². The van der Waals surface area contributed by atoms with Gasteiger partial charge < -0.3 is 20.3 Å². The number of aromatic nitrogens is 1. The van der Waals surface area contributed by atoms with Gasteiger partial charge in [-0.25, -0.2) is 4.98 Å². The minimum Gasteiger partial charge on any atom is -0.481 e. The van der Waals surface area contributed by atoms with Gasteiger partial charge in [0.2, 0.25) is 5.88 Å². The quantitative estimate of drug-likeness (QED) is 0.267. The Morgan fingerprint density at radius 2 is 1.66 bits per heavy atom. The molecule has 0 unspecified atom stereocenters. The molecule has 0 fully saturated rings. The summed E-state index contributed by atoms with van der Waals surface area (Å²) in [5.74, 6) is -0.323. The predicted octanol–water partition coefficient (Wildman–Crippen LogP) is 7.40. The molecule has 8 heteroatoms. The summed E-state index contributed by atoms with van der Waals surface area (Å²) in [5, 5.41) is 21.5. The highest BCUT2D eigenvalue weighted by Gasteiger charge is 2.24. The third-order valence-corrected chi connectivity index (χ3v) is 5.37. The van der Waals surface area contributed by atoms with E-state index in [9.17, 15) is 14.7 Å². The molecule has 206 valence electrons. The van der Waals surface area contributed by atoms with Crippen LogP contribution in [0.1, 0.15) is 67.2 Å². The lowest BCUT2D eigenvalue weighted by molar-refractivity contribution is -0.136. The third kappa shape index (κ3) is 9.15. The number of rotatable bonds is 7. The van der Waals surface area contributed by atoms with Crippen molar-refractivity contribution in [2.75, 3.05) is 12.4 Å². The van der Waals surface area contributed by atoms with Crippen molar-refractivity contribution >= 4 is 29.5 Å². The molecule has 1 heterocycles. The number of nitrogens with zero attached hydrogens (tertiary/aromatic N) is 1. The number of carbonyl (C=O) groups excluding carboxylic acids is 1. The molecule has 0 aliphatic heterocycles. The number of halogens is 1. The van der Waals surface area contributed by atoms with Crippen molar-refractivity contribution in [2.24, 2.45) is 0 Å². The standard InChI is InChI=1S/C24H23ClN2O4.C4H10O.C2H6/c1-13-5-7-16(8-6-13)21-15(3)23(22(26-4)14(2)19(21)10-20(29)30)31-24-17(12-28)9-18(25)11-27-24;1-4(2,3)5;1-2/h5-9,11-12,26H,10H2,1-4H3,(H,29,30);5H,1-3H3;1-2H3. The number of carbonyl (C=O) groups is 2. The second kappa shape index (κ2) is 14.5. The van der Waals surface area contributed by atoms with E-state index in [0.717, 1.165) is 27.8 Å². The molecule has 0 atom stereocenters. The van der Waals surface area contributed by atoms with E-state index in [-0.39, 0.29) is 17.9 Å². The molecule has 38 heavy (non-hydrogen) atoms. The van der Waals surface area contributed by atoms with Crippen molar-refractivity contribution in [3.8, 4) is 22.8 Å². The molecule has 3 rings (SSSR count). The van der Waals surface area contributed by atoms with E-state index >= 15 is 0 Å². The van der Waals surface area contributed by atoms with Crippen molar-refractivity contribution in [2.45, 2.75) is 67.4 Å². The Morgan fingerprint density at radius 1 is 1.11 bits per heavy atom. The molecule has 1 aromatic heterocycles. The highest BCUT2D eigenvalue weighted by molar-refractivity contribution is 6.30. The van der Waals surface area contributed by atoms with Crippen LogP contribution in [0.3, 0.4) is 0 Å². The van der Waals surface area contributed by atoms with Crippen molar-refractivity contribution in [3.05, 3.63) is 69.4 Å². The van der Waals surface area contributed by atoms with Gasteiger partial charge in [0.25, 0.3) is 0 Å². The van der Waals surface area contributed by atoms with Crippen LogP contribution in [0.4, 0.5) is 5.69 Å². The van der Waals surface area contributed by atoms with Gasteiger partial charge in [-0.1, -0.05) is 55.3 Å². The molecule has 3 aromatic rings. The van der Waals surface area contributed by atoms with Crippen LogP contribution in [-0.4, -0.2) is 40.1 Å². The molecule has 0 spiro atoms. The fraction of sp³-hybridized carbons (Fsp3) is 0.367. The summed E-state index contributed by atoms with van der Waals surface area (Å²) >= 11 is 5.96. The number of nitrogens with one attached hydrogen (secondary N) is 1. The van der Waals surface area contributed by atoms with Crippen molar-refractivity contribution in [3.63, 3.8) is 0 Å².